The lowest BCUT2D eigenvalue weighted by Crippen LogP contribution is -2.23. The van der Waals surface area contributed by atoms with Crippen molar-refractivity contribution in [1.82, 2.24) is 0 Å². The van der Waals surface area contributed by atoms with Gasteiger partial charge < -0.3 is 9.84 Å². The summed E-state index contributed by atoms with van der Waals surface area (Å²) in [4.78, 5) is 0. The Morgan fingerprint density at radius 3 is 2.33 bits per heavy atom. The van der Waals surface area contributed by atoms with Gasteiger partial charge in [0.15, 0.2) is 0 Å². The Morgan fingerprint density at radius 1 is 1.00 bits per heavy atom. The fraction of sp³-hybridized carbons (Fsp3) is 0.364. The fourth-order valence-corrected chi connectivity index (χ4v) is 4.32. The Bertz CT molecular complexity index is 782. The molecule has 0 unspecified atom stereocenters. The third-order valence-electron chi connectivity index (χ3n) is 5.77. The van der Waals surface area contributed by atoms with E-state index < -0.39 is 0 Å². The van der Waals surface area contributed by atoms with Gasteiger partial charge in [0.2, 0.25) is 0 Å². The van der Waals surface area contributed by atoms with Crippen LogP contribution in [0, 0.1) is 0 Å². The molecule has 0 heterocycles. The summed E-state index contributed by atoms with van der Waals surface area (Å²) >= 11 is 0. The van der Waals surface area contributed by atoms with Crippen LogP contribution in [0.2, 0.25) is 0 Å². The van der Waals surface area contributed by atoms with Crippen LogP contribution < -0.4 is 4.74 Å². The van der Waals surface area contributed by atoms with Crippen molar-refractivity contribution in [3.8, 4) is 5.75 Å². The van der Waals surface area contributed by atoms with Gasteiger partial charge in [-0.1, -0.05) is 49.8 Å². The normalized spacial score (nSPS) is 15.5. The molecule has 126 valence electrons. The molecule has 0 amide bonds. The van der Waals surface area contributed by atoms with Crippen LogP contribution in [0.3, 0.4) is 0 Å². The summed E-state index contributed by atoms with van der Waals surface area (Å²) in [5, 5.41) is 9.86. The van der Waals surface area contributed by atoms with Crippen LogP contribution in [0.25, 0.3) is 5.57 Å². The highest BCUT2D eigenvalue weighted by Crippen LogP contribution is 2.52. The van der Waals surface area contributed by atoms with Crippen molar-refractivity contribution in [2.24, 2.45) is 0 Å². The third-order valence-corrected chi connectivity index (χ3v) is 5.77. The van der Waals surface area contributed by atoms with Crippen molar-refractivity contribution in [3.05, 3.63) is 70.3 Å². The molecule has 1 N–H and O–H groups in total. The number of benzene rings is 2. The molecule has 0 spiro atoms. The Kier molecular flexibility index (Phi) is 4.51. The summed E-state index contributed by atoms with van der Waals surface area (Å²) in [6.07, 6.45) is 2.16. The molecule has 0 bridgehead atoms. The van der Waals surface area contributed by atoms with E-state index in [1.54, 1.807) is 7.11 Å². The minimum Gasteiger partial charge on any atom is -0.497 e. The van der Waals surface area contributed by atoms with Crippen LogP contribution in [-0.4, -0.2) is 12.2 Å². The van der Waals surface area contributed by atoms with Crippen LogP contribution in [0.1, 0.15) is 55.9 Å². The second kappa shape index (κ2) is 6.45. The lowest BCUT2D eigenvalue weighted by Gasteiger charge is -2.30. The molecule has 0 aliphatic heterocycles. The Hall–Kier alpha value is -2.06. The molecule has 0 radical (unpaired) electrons. The molecule has 1 aliphatic carbocycles. The summed E-state index contributed by atoms with van der Waals surface area (Å²) < 4.78 is 5.44. The van der Waals surface area contributed by atoms with Crippen LogP contribution in [0.15, 0.2) is 48.0 Å². The molecule has 2 heteroatoms. The zero-order valence-electron chi connectivity index (χ0n) is 15.0. The van der Waals surface area contributed by atoms with E-state index in [0.717, 1.165) is 29.7 Å². The minimum absolute atomic E-state index is 0.0313. The molecule has 0 fully saturated rings. The van der Waals surface area contributed by atoms with Crippen molar-refractivity contribution in [2.45, 2.75) is 45.6 Å². The van der Waals surface area contributed by atoms with Crippen LogP contribution >= 0.6 is 0 Å². The van der Waals surface area contributed by atoms with E-state index in [4.69, 9.17) is 4.74 Å². The first-order valence-corrected chi connectivity index (χ1v) is 8.72. The van der Waals surface area contributed by atoms with Crippen molar-refractivity contribution in [2.75, 3.05) is 7.11 Å². The minimum atomic E-state index is 0.0313. The number of aliphatic hydroxyl groups excluding tert-OH is 1. The standard InChI is InChI=1S/C22H26O2/c1-5-22(6-2)15(3)21(18-9-7-8-10-20(18)22)19-13-17(24-4)12-11-16(19)14-23/h7-13,23H,5-6,14H2,1-4H3. The molecule has 0 atom stereocenters. The van der Waals surface area contributed by atoms with Gasteiger partial charge in [-0.05, 0) is 59.7 Å². The molecule has 0 aromatic heterocycles. The van der Waals surface area contributed by atoms with Gasteiger partial charge in [0.25, 0.3) is 0 Å². The first kappa shape index (κ1) is 16.8. The molecule has 0 saturated carbocycles. The van der Waals surface area contributed by atoms with Crippen molar-refractivity contribution >= 4 is 5.57 Å². The highest BCUT2D eigenvalue weighted by molar-refractivity contribution is 5.91. The van der Waals surface area contributed by atoms with Gasteiger partial charge >= 0.3 is 0 Å². The van der Waals surface area contributed by atoms with Crippen molar-refractivity contribution < 1.29 is 9.84 Å². The highest BCUT2D eigenvalue weighted by atomic mass is 16.5. The van der Waals surface area contributed by atoms with Crippen LogP contribution in [0.5, 0.6) is 5.75 Å². The first-order valence-electron chi connectivity index (χ1n) is 8.72. The molecule has 3 rings (SSSR count). The van der Waals surface area contributed by atoms with Gasteiger partial charge in [-0.2, -0.15) is 0 Å². The number of methoxy groups -OCH3 is 1. The molecular formula is C22H26O2. The van der Waals surface area contributed by atoms with Gasteiger partial charge in [0.1, 0.15) is 5.75 Å². The van der Waals surface area contributed by atoms with E-state index in [0.29, 0.717) is 0 Å². The van der Waals surface area contributed by atoms with Gasteiger partial charge in [-0.15, -0.1) is 0 Å². The molecule has 24 heavy (non-hydrogen) atoms. The number of fused-ring (bicyclic) bond motifs is 1. The van der Waals surface area contributed by atoms with E-state index in [1.165, 1.54) is 22.3 Å². The van der Waals surface area contributed by atoms with Crippen molar-refractivity contribution in [1.29, 1.82) is 0 Å². The third kappa shape index (κ3) is 2.29. The monoisotopic (exact) mass is 322 g/mol. The highest BCUT2D eigenvalue weighted by Gasteiger charge is 2.40. The summed E-state index contributed by atoms with van der Waals surface area (Å²) in [6.45, 7) is 6.82. The van der Waals surface area contributed by atoms with E-state index in [-0.39, 0.29) is 12.0 Å². The van der Waals surface area contributed by atoms with Gasteiger partial charge in [-0.25, -0.2) is 0 Å². The second-order valence-electron chi connectivity index (χ2n) is 6.52. The maximum Gasteiger partial charge on any atom is 0.119 e. The Labute approximate surface area is 144 Å². The number of rotatable bonds is 5. The molecule has 2 nitrogen and oxygen atoms in total. The second-order valence-corrected chi connectivity index (χ2v) is 6.52. The van der Waals surface area contributed by atoms with Gasteiger partial charge in [0.05, 0.1) is 13.7 Å². The zero-order chi connectivity index (χ0) is 17.3. The summed E-state index contributed by atoms with van der Waals surface area (Å²) in [7, 11) is 1.68. The van der Waals surface area contributed by atoms with Gasteiger partial charge in [0, 0.05) is 5.41 Å². The number of hydrogen-bond acceptors (Lipinski definition) is 2. The van der Waals surface area contributed by atoms with Gasteiger partial charge in [-0.3, -0.25) is 0 Å². The lowest BCUT2D eigenvalue weighted by atomic mass is 9.73. The first-order chi connectivity index (χ1) is 11.6. The predicted octanol–water partition coefficient (Wildman–Crippen LogP) is 5.08. The predicted molar refractivity (Wildman–Crippen MR) is 99.3 cm³/mol. The molecule has 2 aromatic rings. The van der Waals surface area contributed by atoms with E-state index in [1.807, 2.05) is 12.1 Å². The Balaban J connectivity index is 2.33. The fourth-order valence-electron chi connectivity index (χ4n) is 4.32. The van der Waals surface area contributed by atoms with Crippen molar-refractivity contribution in [3.63, 3.8) is 0 Å². The van der Waals surface area contributed by atoms with Crippen LogP contribution in [0.4, 0.5) is 0 Å². The quantitative estimate of drug-likeness (QED) is 0.831. The average Bonchev–Trinajstić information content (AvgIpc) is 2.89. The van der Waals surface area contributed by atoms with E-state index >= 15 is 0 Å². The molecule has 0 saturated heterocycles. The lowest BCUT2D eigenvalue weighted by molar-refractivity contribution is 0.281. The van der Waals surface area contributed by atoms with E-state index in [2.05, 4.69) is 51.1 Å². The van der Waals surface area contributed by atoms with Crippen LogP contribution in [-0.2, 0) is 12.0 Å². The largest absolute Gasteiger partial charge is 0.497 e. The maximum atomic E-state index is 9.86. The Morgan fingerprint density at radius 2 is 1.71 bits per heavy atom. The number of ether oxygens (including phenoxy) is 1. The molecular weight excluding hydrogens is 296 g/mol. The number of allylic oxidation sites excluding steroid dienone is 1. The average molecular weight is 322 g/mol. The summed E-state index contributed by atoms with van der Waals surface area (Å²) in [5.41, 5.74) is 7.49. The smallest absolute Gasteiger partial charge is 0.119 e. The number of aliphatic hydroxyl groups is 1. The number of hydrogen-bond donors (Lipinski definition) is 1. The topological polar surface area (TPSA) is 29.5 Å². The summed E-state index contributed by atoms with van der Waals surface area (Å²) in [6, 6.07) is 14.6. The zero-order valence-corrected chi connectivity index (χ0v) is 15.0. The SMILES string of the molecule is CCC1(CC)C(C)=C(c2cc(OC)ccc2CO)c2ccccc21. The molecule has 1 aliphatic rings. The summed E-state index contributed by atoms with van der Waals surface area (Å²) in [5.74, 6) is 0.825. The van der Waals surface area contributed by atoms with E-state index in [9.17, 15) is 5.11 Å². The maximum absolute atomic E-state index is 9.86. The molecule has 2 aromatic carbocycles.